The maximum Gasteiger partial charge on any atom is 0.338 e. The monoisotopic (exact) mass is 503 g/mol. The molecule has 2 aliphatic heterocycles. The number of amidine groups is 1. The molecule has 190 valence electrons. The minimum atomic E-state index is -0.601. The first-order valence-corrected chi connectivity index (χ1v) is 12.3. The Morgan fingerprint density at radius 1 is 1.20 bits per heavy atom. The lowest BCUT2D eigenvalue weighted by Gasteiger charge is -2.37. The molecule has 1 N–H and O–H groups in total. The van der Waals surface area contributed by atoms with Crippen LogP contribution in [0.5, 0.6) is 11.5 Å². The van der Waals surface area contributed by atoms with Crippen LogP contribution < -0.4 is 14.8 Å². The van der Waals surface area contributed by atoms with Gasteiger partial charge in [0.2, 0.25) is 5.91 Å². The van der Waals surface area contributed by atoms with Gasteiger partial charge in [0.05, 0.1) is 44.6 Å². The van der Waals surface area contributed by atoms with Crippen molar-refractivity contribution in [3.8, 4) is 11.5 Å². The zero-order valence-corrected chi connectivity index (χ0v) is 21.9. The third-order valence-electron chi connectivity index (χ3n) is 5.84. The second-order valence-electron chi connectivity index (χ2n) is 8.18. The number of hydrogen-bond acceptors (Lipinski definition) is 9. The van der Waals surface area contributed by atoms with Gasteiger partial charge in [-0.25, -0.2) is 9.79 Å². The average Bonchev–Trinajstić information content (AvgIpc) is 3.24. The Morgan fingerprint density at radius 2 is 1.97 bits per heavy atom. The molecule has 0 saturated heterocycles. The average molecular weight is 504 g/mol. The SMILES string of the molecule is CCC(C)NC(=O)CC1=CSC2=NC(C)=C(C(=O)OCCOC)C(c3ccc(OC)cc3OC)N12. The highest BCUT2D eigenvalue weighted by molar-refractivity contribution is 8.16. The van der Waals surface area contributed by atoms with E-state index in [4.69, 9.17) is 18.9 Å². The standard InChI is InChI=1S/C25H33N3O6S/c1-7-15(2)26-21(29)12-17-14-35-25-27-16(3)22(24(30)34-11-10-31-4)23(28(17)25)19-9-8-18(32-5)13-20(19)33-6/h8-9,13-15,23H,7,10-12H2,1-6H3,(H,26,29). The van der Waals surface area contributed by atoms with E-state index in [1.165, 1.54) is 11.8 Å². The zero-order valence-electron chi connectivity index (χ0n) is 21.0. The molecule has 0 radical (unpaired) electrons. The number of ether oxygens (including phenoxy) is 4. The molecule has 35 heavy (non-hydrogen) atoms. The highest BCUT2D eigenvalue weighted by atomic mass is 32.2. The fraction of sp³-hybridized carbons (Fsp3) is 0.480. The van der Waals surface area contributed by atoms with Crippen molar-refractivity contribution in [3.05, 3.63) is 46.1 Å². The van der Waals surface area contributed by atoms with Gasteiger partial charge >= 0.3 is 5.97 Å². The summed E-state index contributed by atoms with van der Waals surface area (Å²) in [6, 6.07) is 4.91. The molecular weight excluding hydrogens is 470 g/mol. The largest absolute Gasteiger partial charge is 0.497 e. The van der Waals surface area contributed by atoms with Crippen molar-refractivity contribution in [2.75, 3.05) is 34.5 Å². The molecule has 3 rings (SSSR count). The number of allylic oxidation sites excluding steroid dienone is 1. The number of nitrogens with one attached hydrogen (secondary N) is 1. The summed E-state index contributed by atoms with van der Waals surface area (Å²) in [7, 11) is 4.69. The van der Waals surface area contributed by atoms with E-state index < -0.39 is 12.0 Å². The van der Waals surface area contributed by atoms with Gasteiger partial charge in [-0.1, -0.05) is 18.7 Å². The quantitative estimate of drug-likeness (QED) is 0.360. The van der Waals surface area contributed by atoms with Crippen LogP contribution in [0.3, 0.4) is 0 Å². The fourth-order valence-corrected chi connectivity index (χ4v) is 4.82. The molecule has 0 saturated carbocycles. The summed E-state index contributed by atoms with van der Waals surface area (Å²) in [5.41, 5.74) is 2.40. The summed E-state index contributed by atoms with van der Waals surface area (Å²) in [5, 5.41) is 5.60. The number of hydrogen-bond donors (Lipinski definition) is 1. The summed E-state index contributed by atoms with van der Waals surface area (Å²) < 4.78 is 21.6. The van der Waals surface area contributed by atoms with Crippen molar-refractivity contribution < 1.29 is 28.5 Å². The molecule has 2 heterocycles. The van der Waals surface area contributed by atoms with Crippen molar-refractivity contribution >= 4 is 28.8 Å². The van der Waals surface area contributed by atoms with Crippen LogP contribution >= 0.6 is 11.8 Å². The van der Waals surface area contributed by atoms with E-state index in [1.54, 1.807) is 34.3 Å². The van der Waals surface area contributed by atoms with Gasteiger partial charge in [0.15, 0.2) is 5.17 Å². The van der Waals surface area contributed by atoms with Crippen molar-refractivity contribution in [3.63, 3.8) is 0 Å². The maximum absolute atomic E-state index is 13.3. The Bertz CT molecular complexity index is 1050. The molecule has 2 atom stereocenters. The van der Waals surface area contributed by atoms with Crippen LogP contribution in [0.15, 0.2) is 45.6 Å². The number of aliphatic imine (C=N–C) groups is 1. The van der Waals surface area contributed by atoms with Crippen LogP contribution in [-0.4, -0.2) is 62.5 Å². The molecule has 0 spiro atoms. The molecule has 1 aromatic rings. The molecule has 2 aliphatic rings. The molecule has 9 nitrogen and oxygen atoms in total. The van der Waals surface area contributed by atoms with Crippen LogP contribution in [-0.2, 0) is 19.1 Å². The first-order chi connectivity index (χ1) is 16.8. The summed E-state index contributed by atoms with van der Waals surface area (Å²) in [6.45, 7) is 6.17. The topological polar surface area (TPSA) is 98.7 Å². The summed E-state index contributed by atoms with van der Waals surface area (Å²) in [5.74, 6) is 0.583. The van der Waals surface area contributed by atoms with Crippen molar-refractivity contribution in [2.45, 2.75) is 45.7 Å². The van der Waals surface area contributed by atoms with Crippen LogP contribution in [0.4, 0.5) is 0 Å². The van der Waals surface area contributed by atoms with Crippen LogP contribution in [0, 0.1) is 0 Å². The number of benzene rings is 1. The number of carbonyl (C=O) groups is 2. The molecular formula is C25H33N3O6S. The predicted octanol–water partition coefficient (Wildman–Crippen LogP) is 3.77. The first-order valence-electron chi connectivity index (χ1n) is 11.5. The van der Waals surface area contributed by atoms with Gasteiger partial charge in [-0.3, -0.25) is 4.79 Å². The molecule has 1 aromatic carbocycles. The van der Waals surface area contributed by atoms with Gasteiger partial charge in [0.1, 0.15) is 18.1 Å². The fourth-order valence-electron chi connectivity index (χ4n) is 3.86. The van der Waals surface area contributed by atoms with Crippen molar-refractivity contribution in [1.82, 2.24) is 10.2 Å². The molecule has 2 unspecified atom stereocenters. The highest BCUT2D eigenvalue weighted by Gasteiger charge is 2.42. The van der Waals surface area contributed by atoms with Gasteiger partial charge in [0.25, 0.3) is 0 Å². The Hall–Kier alpha value is -2.98. The van der Waals surface area contributed by atoms with E-state index in [9.17, 15) is 9.59 Å². The number of nitrogens with zero attached hydrogens (tertiary/aromatic N) is 2. The van der Waals surface area contributed by atoms with Gasteiger partial charge in [-0.2, -0.15) is 0 Å². The molecule has 10 heteroatoms. The van der Waals surface area contributed by atoms with Gasteiger partial charge in [-0.15, -0.1) is 0 Å². The van der Waals surface area contributed by atoms with E-state index >= 15 is 0 Å². The van der Waals surface area contributed by atoms with Gasteiger partial charge in [0, 0.05) is 30.5 Å². The Labute approximate surface area is 210 Å². The van der Waals surface area contributed by atoms with Crippen molar-refractivity contribution in [2.24, 2.45) is 4.99 Å². The second-order valence-corrected chi connectivity index (χ2v) is 9.02. The van der Waals surface area contributed by atoms with E-state index in [1.807, 2.05) is 36.3 Å². The number of esters is 1. The lowest BCUT2D eigenvalue weighted by molar-refractivity contribution is -0.141. The van der Waals surface area contributed by atoms with E-state index in [0.717, 1.165) is 17.7 Å². The second kappa shape index (κ2) is 12.1. The first kappa shape index (κ1) is 26.6. The highest BCUT2D eigenvalue weighted by Crippen LogP contribution is 2.47. The number of amides is 1. The number of thioether (sulfide) groups is 1. The summed E-state index contributed by atoms with van der Waals surface area (Å²) >= 11 is 1.42. The summed E-state index contributed by atoms with van der Waals surface area (Å²) in [6.07, 6.45) is 0.984. The Balaban J connectivity index is 2.05. The number of rotatable bonds is 11. The van der Waals surface area contributed by atoms with E-state index in [-0.39, 0.29) is 31.6 Å². The lowest BCUT2D eigenvalue weighted by atomic mass is 9.93. The number of carbonyl (C=O) groups excluding carboxylic acids is 2. The Kier molecular flexibility index (Phi) is 9.22. The zero-order chi connectivity index (χ0) is 25.5. The van der Waals surface area contributed by atoms with E-state index in [2.05, 4.69) is 10.3 Å². The van der Waals surface area contributed by atoms with Gasteiger partial charge in [-0.05, 0) is 37.8 Å². The van der Waals surface area contributed by atoms with E-state index in [0.29, 0.717) is 27.9 Å². The predicted molar refractivity (Wildman–Crippen MR) is 135 cm³/mol. The maximum atomic E-state index is 13.3. The third-order valence-corrected chi connectivity index (χ3v) is 6.73. The third kappa shape index (κ3) is 5.99. The van der Waals surface area contributed by atoms with Crippen LogP contribution in [0.25, 0.3) is 0 Å². The van der Waals surface area contributed by atoms with Crippen LogP contribution in [0.2, 0.25) is 0 Å². The molecule has 0 fully saturated rings. The summed E-state index contributed by atoms with van der Waals surface area (Å²) in [4.78, 5) is 32.6. The Morgan fingerprint density at radius 3 is 2.63 bits per heavy atom. The molecule has 1 amide bonds. The normalized spacial score (nSPS) is 17.9. The van der Waals surface area contributed by atoms with Gasteiger partial charge < -0.3 is 29.2 Å². The lowest BCUT2D eigenvalue weighted by Crippen LogP contribution is -2.39. The van der Waals surface area contributed by atoms with Crippen LogP contribution in [0.1, 0.15) is 45.2 Å². The molecule has 0 bridgehead atoms. The smallest absolute Gasteiger partial charge is 0.338 e. The van der Waals surface area contributed by atoms with Crippen molar-refractivity contribution in [1.29, 1.82) is 0 Å². The number of fused-ring (bicyclic) bond motifs is 1. The molecule has 0 aliphatic carbocycles. The minimum Gasteiger partial charge on any atom is -0.497 e. The number of methoxy groups -OCH3 is 3. The minimum absolute atomic E-state index is 0.0672. The molecule has 0 aromatic heterocycles.